The average Bonchev–Trinajstić information content (AvgIpc) is 2.81. The number of H-pyrrole nitrogens is 1. The summed E-state index contributed by atoms with van der Waals surface area (Å²) in [6.07, 6.45) is 2.90. The van der Waals surface area contributed by atoms with Crippen LogP contribution in [0.5, 0.6) is 0 Å². The molecule has 0 saturated carbocycles. The second kappa shape index (κ2) is 5.55. The standard InChI is InChI=1S/C10H12ClN5O2S/c1-12-5-7-6-14-15-10(7)19(17,18)16-9-8(11)3-2-4-13-9/h2-4,6,12H,5H2,1H3,(H,13,16)(H,14,15). The van der Waals surface area contributed by atoms with Gasteiger partial charge in [0.1, 0.15) is 0 Å². The molecule has 0 bridgehead atoms. The molecule has 2 aromatic rings. The lowest BCUT2D eigenvalue weighted by atomic mass is 10.4. The van der Waals surface area contributed by atoms with Crippen molar-refractivity contribution in [3.05, 3.63) is 35.1 Å². The summed E-state index contributed by atoms with van der Waals surface area (Å²) in [5, 5.41) is 9.27. The van der Waals surface area contributed by atoms with E-state index in [9.17, 15) is 8.42 Å². The Labute approximate surface area is 115 Å². The third-order valence-corrected chi connectivity index (χ3v) is 3.96. The largest absolute Gasteiger partial charge is 0.316 e. The molecule has 0 aliphatic heterocycles. The van der Waals surface area contributed by atoms with Gasteiger partial charge in [0, 0.05) is 18.3 Å². The number of anilines is 1. The van der Waals surface area contributed by atoms with Gasteiger partial charge in [-0.3, -0.25) is 9.82 Å². The summed E-state index contributed by atoms with van der Waals surface area (Å²) in [6, 6.07) is 3.16. The molecular weight excluding hydrogens is 290 g/mol. The molecular formula is C10H12ClN5O2S. The van der Waals surface area contributed by atoms with Crippen LogP contribution < -0.4 is 10.0 Å². The SMILES string of the molecule is CNCc1cn[nH]c1S(=O)(=O)Nc1ncccc1Cl. The molecule has 0 saturated heterocycles. The van der Waals surface area contributed by atoms with E-state index >= 15 is 0 Å². The molecule has 0 amide bonds. The summed E-state index contributed by atoms with van der Waals surface area (Å²) in [6.45, 7) is 0.378. The molecule has 2 heterocycles. The van der Waals surface area contributed by atoms with Crippen molar-refractivity contribution in [3.63, 3.8) is 0 Å². The summed E-state index contributed by atoms with van der Waals surface area (Å²) >= 11 is 5.87. The molecule has 0 radical (unpaired) electrons. The van der Waals surface area contributed by atoms with E-state index in [0.717, 1.165) is 0 Å². The number of aromatic nitrogens is 3. The van der Waals surface area contributed by atoms with Gasteiger partial charge in [-0.05, 0) is 19.2 Å². The molecule has 0 aliphatic rings. The van der Waals surface area contributed by atoms with Gasteiger partial charge in [-0.25, -0.2) is 4.98 Å². The van der Waals surface area contributed by atoms with E-state index in [2.05, 4.69) is 25.2 Å². The van der Waals surface area contributed by atoms with E-state index in [-0.39, 0.29) is 15.9 Å². The molecule has 0 aliphatic carbocycles. The van der Waals surface area contributed by atoms with Crippen molar-refractivity contribution in [1.29, 1.82) is 0 Å². The van der Waals surface area contributed by atoms with Gasteiger partial charge < -0.3 is 5.32 Å². The second-order valence-electron chi connectivity index (χ2n) is 3.69. The molecule has 2 rings (SSSR count). The smallest absolute Gasteiger partial charge is 0.280 e. The number of hydrogen-bond acceptors (Lipinski definition) is 5. The number of hydrogen-bond donors (Lipinski definition) is 3. The first-order valence-corrected chi connectivity index (χ1v) is 7.21. The van der Waals surface area contributed by atoms with Crippen molar-refractivity contribution in [2.75, 3.05) is 11.8 Å². The Morgan fingerprint density at radius 1 is 1.47 bits per heavy atom. The number of sulfonamides is 1. The van der Waals surface area contributed by atoms with E-state index in [0.29, 0.717) is 12.1 Å². The first kappa shape index (κ1) is 13.8. The minimum absolute atomic E-state index is 0.0106. The molecule has 19 heavy (non-hydrogen) atoms. The summed E-state index contributed by atoms with van der Waals surface area (Å²) in [5.41, 5.74) is 0.530. The minimum Gasteiger partial charge on any atom is -0.316 e. The monoisotopic (exact) mass is 301 g/mol. The fraction of sp³-hybridized carbons (Fsp3) is 0.200. The van der Waals surface area contributed by atoms with Crippen molar-refractivity contribution in [1.82, 2.24) is 20.5 Å². The number of rotatable bonds is 5. The molecule has 0 spiro atoms. The third kappa shape index (κ3) is 3.03. The van der Waals surface area contributed by atoms with Gasteiger partial charge in [-0.1, -0.05) is 11.6 Å². The maximum Gasteiger partial charge on any atom is 0.280 e. The van der Waals surface area contributed by atoms with Crippen LogP contribution in [0.1, 0.15) is 5.56 Å². The molecule has 0 fully saturated rings. The van der Waals surface area contributed by atoms with Crippen LogP contribution in [0.3, 0.4) is 0 Å². The number of pyridine rings is 1. The van der Waals surface area contributed by atoms with Gasteiger partial charge in [0.05, 0.1) is 11.2 Å². The van der Waals surface area contributed by atoms with E-state index in [1.165, 1.54) is 12.4 Å². The van der Waals surface area contributed by atoms with E-state index in [1.54, 1.807) is 19.2 Å². The van der Waals surface area contributed by atoms with Crippen LogP contribution in [0.15, 0.2) is 29.6 Å². The third-order valence-electron chi connectivity index (χ3n) is 2.30. The van der Waals surface area contributed by atoms with Crippen LogP contribution >= 0.6 is 11.6 Å². The number of aromatic amines is 1. The minimum atomic E-state index is -3.80. The van der Waals surface area contributed by atoms with Crippen molar-refractivity contribution >= 4 is 27.4 Å². The lowest BCUT2D eigenvalue weighted by molar-refractivity contribution is 0.595. The number of nitrogens with zero attached hydrogens (tertiary/aromatic N) is 2. The molecule has 0 atom stereocenters. The highest BCUT2D eigenvalue weighted by Gasteiger charge is 2.21. The number of halogens is 1. The van der Waals surface area contributed by atoms with Crippen molar-refractivity contribution in [2.45, 2.75) is 11.6 Å². The molecule has 7 nitrogen and oxygen atoms in total. The highest BCUT2D eigenvalue weighted by Crippen LogP contribution is 2.22. The molecule has 3 N–H and O–H groups in total. The van der Waals surface area contributed by atoms with Crippen LogP contribution in [-0.2, 0) is 16.6 Å². The van der Waals surface area contributed by atoms with Crippen molar-refractivity contribution in [2.24, 2.45) is 0 Å². The van der Waals surface area contributed by atoms with Gasteiger partial charge >= 0.3 is 0 Å². The summed E-state index contributed by atoms with van der Waals surface area (Å²) in [7, 11) is -2.09. The molecule has 0 aromatic carbocycles. The summed E-state index contributed by atoms with van der Waals surface area (Å²) in [4.78, 5) is 3.88. The summed E-state index contributed by atoms with van der Waals surface area (Å²) < 4.78 is 26.7. The normalized spacial score (nSPS) is 11.5. The summed E-state index contributed by atoms with van der Waals surface area (Å²) in [5.74, 6) is 0.0779. The fourth-order valence-corrected chi connectivity index (χ4v) is 2.87. The Hall–Kier alpha value is -1.64. The Bertz CT molecular complexity index is 670. The first-order chi connectivity index (χ1) is 9.04. The topological polar surface area (TPSA) is 99.8 Å². The van der Waals surface area contributed by atoms with Crippen molar-refractivity contribution < 1.29 is 8.42 Å². The predicted octanol–water partition coefficient (Wildman–Crippen LogP) is 0.978. The van der Waals surface area contributed by atoms with Gasteiger partial charge in [0.2, 0.25) is 0 Å². The van der Waals surface area contributed by atoms with E-state index in [4.69, 9.17) is 11.6 Å². The van der Waals surface area contributed by atoms with Crippen LogP contribution in [0.25, 0.3) is 0 Å². The Balaban J connectivity index is 2.33. The molecule has 0 unspecified atom stereocenters. The Kier molecular flexibility index (Phi) is 4.03. The van der Waals surface area contributed by atoms with E-state index in [1.807, 2.05) is 0 Å². The van der Waals surface area contributed by atoms with Crippen LogP contribution in [0, 0.1) is 0 Å². The van der Waals surface area contributed by atoms with Crippen LogP contribution in [0.2, 0.25) is 5.02 Å². The Morgan fingerprint density at radius 3 is 2.95 bits per heavy atom. The van der Waals surface area contributed by atoms with Gasteiger partial charge in [-0.2, -0.15) is 13.5 Å². The lowest BCUT2D eigenvalue weighted by Crippen LogP contribution is -2.18. The molecule has 9 heteroatoms. The maximum atomic E-state index is 12.2. The molecule has 102 valence electrons. The van der Waals surface area contributed by atoms with E-state index < -0.39 is 10.0 Å². The highest BCUT2D eigenvalue weighted by atomic mass is 35.5. The average molecular weight is 302 g/mol. The highest BCUT2D eigenvalue weighted by molar-refractivity contribution is 7.92. The fourth-order valence-electron chi connectivity index (χ4n) is 1.49. The zero-order valence-electron chi connectivity index (χ0n) is 10.0. The van der Waals surface area contributed by atoms with Gasteiger partial charge in [0.15, 0.2) is 10.8 Å². The number of nitrogens with one attached hydrogen (secondary N) is 3. The lowest BCUT2D eigenvalue weighted by Gasteiger charge is -2.08. The van der Waals surface area contributed by atoms with Gasteiger partial charge in [0.25, 0.3) is 10.0 Å². The first-order valence-electron chi connectivity index (χ1n) is 5.35. The quantitative estimate of drug-likeness (QED) is 0.764. The van der Waals surface area contributed by atoms with Crippen molar-refractivity contribution in [3.8, 4) is 0 Å². The second-order valence-corrected chi connectivity index (χ2v) is 5.72. The zero-order valence-corrected chi connectivity index (χ0v) is 11.6. The Morgan fingerprint density at radius 2 is 2.26 bits per heavy atom. The molecule has 2 aromatic heterocycles. The van der Waals surface area contributed by atoms with Crippen LogP contribution in [0.4, 0.5) is 5.82 Å². The predicted molar refractivity (Wildman–Crippen MR) is 71.4 cm³/mol. The van der Waals surface area contributed by atoms with Gasteiger partial charge in [-0.15, -0.1) is 0 Å². The zero-order chi connectivity index (χ0) is 13.9. The van der Waals surface area contributed by atoms with Crippen LogP contribution in [-0.4, -0.2) is 30.6 Å². The maximum absolute atomic E-state index is 12.2.